The van der Waals surface area contributed by atoms with E-state index >= 15 is 0 Å². The van der Waals surface area contributed by atoms with Crippen molar-refractivity contribution in [3.8, 4) is 0 Å². The Morgan fingerprint density at radius 1 is 1.40 bits per heavy atom. The molecule has 3 rings (SSSR count). The highest BCUT2D eigenvalue weighted by Crippen LogP contribution is 2.28. The highest BCUT2D eigenvalue weighted by molar-refractivity contribution is 5.79. The molecule has 1 N–H and O–H groups in total. The first-order valence-electron chi connectivity index (χ1n) is 7.30. The van der Waals surface area contributed by atoms with Gasteiger partial charge in [-0.1, -0.05) is 0 Å². The van der Waals surface area contributed by atoms with Gasteiger partial charge in [0.05, 0.1) is 0 Å². The normalized spacial score (nSPS) is 22.1. The molecule has 1 unspecified atom stereocenters. The van der Waals surface area contributed by atoms with E-state index in [1.807, 2.05) is 4.90 Å². The average molecular weight is 275 g/mol. The monoisotopic (exact) mass is 275 g/mol. The van der Waals surface area contributed by atoms with Gasteiger partial charge in [-0.3, -0.25) is 4.79 Å². The molecule has 0 aliphatic carbocycles. The number of nitrogens with one attached hydrogen (secondary N) is 1. The Morgan fingerprint density at radius 3 is 3.05 bits per heavy atom. The molecule has 2 aliphatic rings. The Bertz CT molecular complexity index is 518. The maximum Gasteiger partial charge on any atom is 0.223 e. The minimum atomic E-state index is 0.308. The molecule has 1 amide bonds. The first-order chi connectivity index (χ1) is 9.70. The van der Waals surface area contributed by atoms with Crippen molar-refractivity contribution in [2.45, 2.75) is 32.7 Å². The summed E-state index contributed by atoms with van der Waals surface area (Å²) in [6, 6.07) is 0.355. The number of carbonyl (C=O) groups excluding carboxylic acids is 1. The highest BCUT2D eigenvalue weighted by atomic mass is 16.2. The molecule has 0 spiro atoms. The maximum atomic E-state index is 11.7. The molecular weight excluding hydrogens is 254 g/mol. The van der Waals surface area contributed by atoms with E-state index in [1.54, 1.807) is 6.33 Å². The molecule has 1 aromatic rings. The van der Waals surface area contributed by atoms with Crippen LogP contribution in [0.15, 0.2) is 6.33 Å². The molecule has 1 atom stereocenters. The van der Waals surface area contributed by atoms with Crippen LogP contribution in [0.5, 0.6) is 0 Å². The predicted molar refractivity (Wildman–Crippen MR) is 77.9 cm³/mol. The van der Waals surface area contributed by atoms with Crippen LogP contribution in [0.4, 0.5) is 11.6 Å². The van der Waals surface area contributed by atoms with E-state index in [-0.39, 0.29) is 0 Å². The molecule has 6 heteroatoms. The minimum absolute atomic E-state index is 0.308. The summed E-state index contributed by atoms with van der Waals surface area (Å²) in [5.74, 6) is 2.21. The molecule has 3 heterocycles. The minimum Gasteiger partial charge on any atom is -0.370 e. The quantitative estimate of drug-likeness (QED) is 0.892. The lowest BCUT2D eigenvalue weighted by Crippen LogP contribution is -2.52. The Kier molecular flexibility index (Phi) is 3.46. The van der Waals surface area contributed by atoms with Crippen molar-refractivity contribution in [1.29, 1.82) is 0 Å². The number of nitrogens with zero attached hydrogens (tertiary/aromatic N) is 4. The zero-order valence-corrected chi connectivity index (χ0v) is 12.1. The summed E-state index contributed by atoms with van der Waals surface area (Å²) >= 11 is 0. The van der Waals surface area contributed by atoms with Gasteiger partial charge in [-0.05, 0) is 20.3 Å². The molecule has 0 saturated carbocycles. The summed E-state index contributed by atoms with van der Waals surface area (Å²) in [7, 11) is 0. The molecule has 108 valence electrons. The van der Waals surface area contributed by atoms with Crippen LogP contribution in [0.3, 0.4) is 0 Å². The molecule has 20 heavy (non-hydrogen) atoms. The zero-order valence-electron chi connectivity index (χ0n) is 12.1. The first-order valence-corrected chi connectivity index (χ1v) is 7.30. The summed E-state index contributed by atoms with van der Waals surface area (Å²) in [6.45, 7) is 7.51. The van der Waals surface area contributed by atoms with Gasteiger partial charge < -0.3 is 15.1 Å². The second-order valence-electron chi connectivity index (χ2n) is 5.43. The topological polar surface area (TPSA) is 61.4 Å². The summed E-state index contributed by atoms with van der Waals surface area (Å²) in [4.78, 5) is 24.8. The maximum absolute atomic E-state index is 11.7. The second-order valence-corrected chi connectivity index (χ2v) is 5.43. The second kappa shape index (κ2) is 5.26. The first kappa shape index (κ1) is 13.1. The molecule has 0 aromatic carbocycles. The van der Waals surface area contributed by atoms with Gasteiger partial charge in [0.25, 0.3) is 0 Å². The third-order valence-corrected chi connectivity index (χ3v) is 4.20. The van der Waals surface area contributed by atoms with Gasteiger partial charge in [-0.15, -0.1) is 0 Å². The van der Waals surface area contributed by atoms with E-state index in [2.05, 4.69) is 34.0 Å². The number of hydrogen-bond donors (Lipinski definition) is 1. The number of aromatic nitrogens is 2. The van der Waals surface area contributed by atoms with Crippen molar-refractivity contribution < 1.29 is 4.79 Å². The van der Waals surface area contributed by atoms with E-state index in [0.717, 1.165) is 49.8 Å². The van der Waals surface area contributed by atoms with Crippen molar-refractivity contribution in [1.82, 2.24) is 14.9 Å². The third kappa shape index (κ3) is 2.19. The Labute approximate surface area is 119 Å². The van der Waals surface area contributed by atoms with Crippen molar-refractivity contribution in [2.24, 2.45) is 0 Å². The standard InChI is InChI=1S/C14H21N5O/c1-3-15-13-10(2)14(17-9-16-13)18-6-7-19-11(8-18)4-5-12(19)20/h9,11H,3-8H2,1-2H3,(H,15,16,17). The Hall–Kier alpha value is -1.85. The van der Waals surface area contributed by atoms with Crippen LogP contribution in [-0.2, 0) is 4.79 Å². The van der Waals surface area contributed by atoms with Gasteiger partial charge in [0.2, 0.25) is 5.91 Å². The summed E-state index contributed by atoms with van der Waals surface area (Å²) in [5, 5.41) is 3.27. The molecule has 2 aliphatic heterocycles. The van der Waals surface area contributed by atoms with Crippen LogP contribution in [0.1, 0.15) is 25.3 Å². The van der Waals surface area contributed by atoms with Crippen LogP contribution < -0.4 is 10.2 Å². The lowest BCUT2D eigenvalue weighted by molar-refractivity contribution is -0.129. The molecule has 1 aromatic heterocycles. The fourth-order valence-electron chi connectivity index (χ4n) is 3.16. The molecule has 2 saturated heterocycles. The number of piperazine rings is 1. The third-order valence-electron chi connectivity index (χ3n) is 4.20. The Balaban J connectivity index is 1.80. The van der Waals surface area contributed by atoms with Gasteiger partial charge in [-0.25, -0.2) is 9.97 Å². The summed E-state index contributed by atoms with van der Waals surface area (Å²) < 4.78 is 0. The van der Waals surface area contributed by atoms with Crippen molar-refractivity contribution in [3.05, 3.63) is 11.9 Å². The fourth-order valence-corrected chi connectivity index (χ4v) is 3.16. The Morgan fingerprint density at radius 2 is 2.25 bits per heavy atom. The molecular formula is C14H21N5O. The van der Waals surface area contributed by atoms with Crippen LogP contribution in [0.2, 0.25) is 0 Å². The van der Waals surface area contributed by atoms with Crippen molar-refractivity contribution >= 4 is 17.5 Å². The van der Waals surface area contributed by atoms with E-state index in [0.29, 0.717) is 18.4 Å². The average Bonchev–Trinajstić information content (AvgIpc) is 2.82. The lowest BCUT2D eigenvalue weighted by Gasteiger charge is -2.38. The number of carbonyl (C=O) groups is 1. The molecule has 2 fully saturated rings. The van der Waals surface area contributed by atoms with Gasteiger partial charge >= 0.3 is 0 Å². The van der Waals surface area contributed by atoms with E-state index in [9.17, 15) is 4.79 Å². The fraction of sp³-hybridized carbons (Fsp3) is 0.643. The molecule has 0 bridgehead atoms. The van der Waals surface area contributed by atoms with E-state index in [4.69, 9.17) is 0 Å². The highest BCUT2D eigenvalue weighted by Gasteiger charge is 2.36. The summed E-state index contributed by atoms with van der Waals surface area (Å²) in [6.07, 6.45) is 3.29. The zero-order chi connectivity index (χ0) is 14.1. The number of anilines is 2. The van der Waals surface area contributed by atoms with Crippen LogP contribution in [0, 0.1) is 6.92 Å². The number of amides is 1. The number of rotatable bonds is 3. The smallest absolute Gasteiger partial charge is 0.223 e. The lowest BCUT2D eigenvalue weighted by atomic mass is 10.1. The number of fused-ring (bicyclic) bond motifs is 1. The van der Waals surface area contributed by atoms with Crippen LogP contribution in [-0.4, -0.2) is 53.0 Å². The molecule has 0 radical (unpaired) electrons. The van der Waals surface area contributed by atoms with Gasteiger partial charge in [0.1, 0.15) is 18.0 Å². The van der Waals surface area contributed by atoms with E-state index < -0.39 is 0 Å². The van der Waals surface area contributed by atoms with Gasteiger partial charge in [0.15, 0.2) is 0 Å². The van der Waals surface area contributed by atoms with E-state index in [1.165, 1.54) is 0 Å². The van der Waals surface area contributed by atoms with Gasteiger partial charge in [0, 0.05) is 44.2 Å². The van der Waals surface area contributed by atoms with Crippen LogP contribution >= 0.6 is 0 Å². The van der Waals surface area contributed by atoms with Crippen molar-refractivity contribution in [3.63, 3.8) is 0 Å². The van der Waals surface area contributed by atoms with Crippen LogP contribution in [0.25, 0.3) is 0 Å². The summed E-state index contributed by atoms with van der Waals surface area (Å²) in [5.41, 5.74) is 1.09. The number of hydrogen-bond acceptors (Lipinski definition) is 5. The van der Waals surface area contributed by atoms with Gasteiger partial charge in [-0.2, -0.15) is 0 Å². The van der Waals surface area contributed by atoms with Crippen molar-refractivity contribution in [2.75, 3.05) is 36.4 Å². The largest absolute Gasteiger partial charge is 0.370 e. The predicted octanol–water partition coefficient (Wildman–Crippen LogP) is 1.03. The SMILES string of the molecule is CCNc1ncnc(N2CCN3C(=O)CCC3C2)c1C. The molecule has 6 nitrogen and oxygen atoms in total.